The molecule has 0 aromatic heterocycles. The third-order valence-electron chi connectivity index (χ3n) is 4.55. The molecule has 4 rings (SSSR count). The summed E-state index contributed by atoms with van der Waals surface area (Å²) in [4.78, 5) is 4.77. The maximum Gasteiger partial charge on any atom is 0.119 e. The molecule has 0 aliphatic heterocycles. The fraction of sp³-hybridized carbons (Fsp3) is 0.0870. The predicted octanol–water partition coefficient (Wildman–Crippen LogP) is 6.06. The zero-order valence-electron chi connectivity index (χ0n) is 14.4. The van der Waals surface area contributed by atoms with Gasteiger partial charge in [0.05, 0.1) is 12.8 Å². The molecular weight excluding hydrogens is 306 g/mol. The molecule has 0 amide bonds. The molecule has 0 atom stereocenters. The van der Waals surface area contributed by atoms with Gasteiger partial charge in [0.2, 0.25) is 0 Å². The van der Waals surface area contributed by atoms with Crippen LogP contribution in [0.4, 0.5) is 5.69 Å². The summed E-state index contributed by atoms with van der Waals surface area (Å²) in [6.45, 7) is 2.05. The van der Waals surface area contributed by atoms with Crippen LogP contribution in [0.25, 0.3) is 21.5 Å². The largest absolute Gasteiger partial charge is 0.497 e. The molecule has 0 bridgehead atoms. The Morgan fingerprint density at radius 1 is 0.800 bits per heavy atom. The average molecular weight is 325 g/mol. The van der Waals surface area contributed by atoms with Crippen molar-refractivity contribution in [3.63, 3.8) is 0 Å². The Balaban J connectivity index is 1.90. The first-order chi connectivity index (χ1) is 12.3. The minimum atomic E-state index is 0.854. The van der Waals surface area contributed by atoms with Crippen LogP contribution in [0.2, 0.25) is 0 Å². The minimum Gasteiger partial charge on any atom is -0.497 e. The Hall–Kier alpha value is -3.13. The molecule has 4 aromatic rings. The van der Waals surface area contributed by atoms with Crippen LogP contribution in [0.1, 0.15) is 11.1 Å². The molecule has 2 nitrogen and oxygen atoms in total. The van der Waals surface area contributed by atoms with E-state index in [1.807, 2.05) is 24.4 Å². The van der Waals surface area contributed by atoms with Gasteiger partial charge in [-0.25, -0.2) is 0 Å². The van der Waals surface area contributed by atoms with E-state index in [2.05, 4.69) is 61.5 Å². The number of hydrogen-bond donors (Lipinski definition) is 0. The van der Waals surface area contributed by atoms with Crippen molar-refractivity contribution >= 4 is 33.4 Å². The quantitative estimate of drug-likeness (QED) is 0.331. The van der Waals surface area contributed by atoms with E-state index in [-0.39, 0.29) is 0 Å². The first-order valence-corrected chi connectivity index (χ1v) is 8.35. The van der Waals surface area contributed by atoms with Crippen LogP contribution < -0.4 is 4.74 Å². The molecule has 122 valence electrons. The lowest BCUT2D eigenvalue weighted by Gasteiger charge is -2.08. The molecule has 25 heavy (non-hydrogen) atoms. The van der Waals surface area contributed by atoms with E-state index in [0.717, 1.165) is 22.6 Å². The van der Waals surface area contributed by atoms with Gasteiger partial charge >= 0.3 is 0 Å². The van der Waals surface area contributed by atoms with E-state index in [9.17, 15) is 0 Å². The third kappa shape index (κ3) is 2.87. The van der Waals surface area contributed by atoms with Gasteiger partial charge in [0.1, 0.15) is 5.75 Å². The number of methoxy groups -OCH3 is 1. The fourth-order valence-corrected chi connectivity index (χ4v) is 3.22. The van der Waals surface area contributed by atoms with Crippen LogP contribution in [-0.4, -0.2) is 13.3 Å². The van der Waals surface area contributed by atoms with Gasteiger partial charge in [-0.2, -0.15) is 0 Å². The first-order valence-electron chi connectivity index (χ1n) is 8.35. The van der Waals surface area contributed by atoms with Gasteiger partial charge in [0.15, 0.2) is 0 Å². The van der Waals surface area contributed by atoms with Crippen LogP contribution in [0, 0.1) is 6.92 Å². The number of hydrogen-bond acceptors (Lipinski definition) is 2. The Morgan fingerprint density at radius 2 is 1.44 bits per heavy atom. The van der Waals surface area contributed by atoms with Gasteiger partial charge < -0.3 is 4.74 Å². The fourth-order valence-electron chi connectivity index (χ4n) is 3.22. The smallest absolute Gasteiger partial charge is 0.119 e. The summed E-state index contributed by atoms with van der Waals surface area (Å²) in [6.07, 6.45) is 1.99. The molecule has 0 heterocycles. The second kappa shape index (κ2) is 6.40. The zero-order valence-corrected chi connectivity index (χ0v) is 14.4. The van der Waals surface area contributed by atoms with Crippen LogP contribution in [0.5, 0.6) is 5.75 Å². The van der Waals surface area contributed by atoms with Crippen LogP contribution in [-0.2, 0) is 0 Å². The highest BCUT2D eigenvalue weighted by molar-refractivity contribution is 6.13. The Bertz CT molecular complexity index is 1040. The molecular formula is C23H19NO. The van der Waals surface area contributed by atoms with Crippen LogP contribution in [0.3, 0.4) is 0 Å². The molecule has 0 radical (unpaired) electrons. The lowest BCUT2D eigenvalue weighted by Crippen LogP contribution is -1.89. The van der Waals surface area contributed by atoms with Crippen molar-refractivity contribution in [2.75, 3.05) is 7.11 Å². The molecule has 4 aromatic carbocycles. The van der Waals surface area contributed by atoms with Crippen LogP contribution in [0.15, 0.2) is 77.8 Å². The van der Waals surface area contributed by atoms with Gasteiger partial charge in [-0.15, -0.1) is 0 Å². The van der Waals surface area contributed by atoms with Crippen molar-refractivity contribution in [3.05, 3.63) is 83.9 Å². The second-order valence-corrected chi connectivity index (χ2v) is 6.14. The minimum absolute atomic E-state index is 0.854. The predicted molar refractivity (Wildman–Crippen MR) is 106 cm³/mol. The molecule has 2 heteroatoms. The Labute approximate surface area is 147 Å². The SMILES string of the molecule is COc1ccc(N=Cc2c3ccccc3cc3ccccc23)c(C)c1. The molecule has 0 N–H and O–H groups in total. The first kappa shape index (κ1) is 15.4. The maximum atomic E-state index is 5.28. The lowest BCUT2D eigenvalue weighted by atomic mass is 9.97. The van der Waals surface area contributed by atoms with Gasteiger partial charge in [0, 0.05) is 11.8 Å². The summed E-state index contributed by atoms with van der Waals surface area (Å²) in [5, 5.41) is 4.90. The molecule has 0 aliphatic rings. The van der Waals surface area contributed by atoms with Crippen molar-refractivity contribution in [2.45, 2.75) is 6.92 Å². The summed E-state index contributed by atoms with van der Waals surface area (Å²) in [5.74, 6) is 0.854. The summed E-state index contributed by atoms with van der Waals surface area (Å²) in [6, 6.07) is 25.1. The van der Waals surface area contributed by atoms with Gasteiger partial charge in [0.25, 0.3) is 0 Å². The number of benzene rings is 4. The molecule has 0 saturated heterocycles. The molecule has 0 saturated carbocycles. The summed E-state index contributed by atoms with van der Waals surface area (Å²) < 4.78 is 5.28. The van der Waals surface area contributed by atoms with Crippen molar-refractivity contribution in [1.82, 2.24) is 0 Å². The van der Waals surface area contributed by atoms with E-state index < -0.39 is 0 Å². The normalized spacial score (nSPS) is 11.4. The number of ether oxygens (including phenoxy) is 1. The van der Waals surface area contributed by atoms with Crippen molar-refractivity contribution in [3.8, 4) is 5.75 Å². The standard InChI is InChI=1S/C23H19NO/c1-16-13-19(25-2)11-12-23(16)24-15-22-20-9-5-3-7-17(20)14-18-8-4-6-10-21(18)22/h3-15H,1-2H3. The van der Waals surface area contributed by atoms with Crippen molar-refractivity contribution < 1.29 is 4.74 Å². The number of aliphatic imine (C=N–C) groups is 1. The number of aryl methyl sites for hydroxylation is 1. The zero-order chi connectivity index (χ0) is 17.2. The molecule has 0 fully saturated rings. The molecule has 0 unspecified atom stereocenters. The highest BCUT2D eigenvalue weighted by atomic mass is 16.5. The number of fused-ring (bicyclic) bond motifs is 2. The van der Waals surface area contributed by atoms with E-state index in [1.165, 1.54) is 21.5 Å². The van der Waals surface area contributed by atoms with E-state index in [1.54, 1.807) is 7.11 Å². The van der Waals surface area contributed by atoms with Gasteiger partial charge in [-0.05, 0) is 58.3 Å². The maximum absolute atomic E-state index is 5.28. The molecule has 0 aliphatic carbocycles. The highest BCUT2D eigenvalue weighted by Crippen LogP contribution is 2.29. The highest BCUT2D eigenvalue weighted by Gasteiger charge is 2.06. The van der Waals surface area contributed by atoms with Crippen molar-refractivity contribution in [1.29, 1.82) is 0 Å². The Kier molecular flexibility index (Phi) is 3.95. The summed E-state index contributed by atoms with van der Waals surface area (Å²) in [7, 11) is 1.68. The van der Waals surface area contributed by atoms with Gasteiger partial charge in [-0.3, -0.25) is 4.99 Å². The molecule has 0 spiro atoms. The summed E-state index contributed by atoms with van der Waals surface area (Å²) in [5.41, 5.74) is 3.21. The van der Waals surface area contributed by atoms with E-state index in [4.69, 9.17) is 9.73 Å². The lowest BCUT2D eigenvalue weighted by molar-refractivity contribution is 0.414. The number of rotatable bonds is 3. The summed E-state index contributed by atoms with van der Waals surface area (Å²) >= 11 is 0. The van der Waals surface area contributed by atoms with E-state index >= 15 is 0 Å². The monoisotopic (exact) mass is 325 g/mol. The van der Waals surface area contributed by atoms with E-state index in [0.29, 0.717) is 0 Å². The third-order valence-corrected chi connectivity index (χ3v) is 4.55. The number of nitrogens with zero attached hydrogens (tertiary/aromatic N) is 1. The van der Waals surface area contributed by atoms with Crippen molar-refractivity contribution in [2.24, 2.45) is 4.99 Å². The Morgan fingerprint density at radius 3 is 2.04 bits per heavy atom. The topological polar surface area (TPSA) is 21.6 Å². The van der Waals surface area contributed by atoms with Gasteiger partial charge in [-0.1, -0.05) is 48.5 Å². The van der Waals surface area contributed by atoms with Crippen LogP contribution >= 0.6 is 0 Å². The average Bonchev–Trinajstić information content (AvgIpc) is 2.66. The second-order valence-electron chi connectivity index (χ2n) is 6.14.